The smallest absolute Gasteiger partial charge is 0.526 e. The maximum Gasteiger partial charge on any atom is 0.526 e. The van der Waals surface area contributed by atoms with Crippen LogP contribution in [0.3, 0.4) is 0 Å². The fraction of sp³-hybridized carbons (Fsp3) is 0.208. The first-order valence-electron chi connectivity index (χ1n) is 10.0. The second-order valence-corrected chi connectivity index (χ2v) is 7.69. The highest BCUT2D eigenvalue weighted by molar-refractivity contribution is 6.47. The lowest BCUT2D eigenvalue weighted by Gasteiger charge is -2.28. The first kappa shape index (κ1) is 20.0. The van der Waals surface area contributed by atoms with Crippen molar-refractivity contribution in [2.24, 2.45) is 0 Å². The fourth-order valence-electron chi connectivity index (χ4n) is 3.84. The molecule has 1 aromatic heterocycles. The van der Waals surface area contributed by atoms with E-state index in [-0.39, 0.29) is 23.8 Å². The molecule has 0 unspecified atom stereocenters. The standard InChI is InChI=1S/C24H23BNO4/c1-17(27)22-7-5-6-20-14-21(25(29)30-24(20)22)15-23(28)19-10-8-18(9-11-19)16-26-12-3-2-4-13-26/h2-13,21,29H,14-16H2,1H3/q+1/t21-/m1/s1. The molecule has 30 heavy (non-hydrogen) atoms. The van der Waals surface area contributed by atoms with E-state index in [2.05, 4.69) is 4.57 Å². The number of carbonyl (C=O) groups excluding carboxylic acids is 2. The monoisotopic (exact) mass is 400 g/mol. The maximum atomic E-state index is 12.8. The minimum absolute atomic E-state index is 0.0345. The third kappa shape index (κ3) is 4.34. The molecule has 3 aromatic rings. The number of fused-ring (bicyclic) bond motifs is 1. The van der Waals surface area contributed by atoms with Crippen LogP contribution in [0, 0.1) is 0 Å². The van der Waals surface area contributed by atoms with Gasteiger partial charge in [0, 0.05) is 35.5 Å². The van der Waals surface area contributed by atoms with E-state index in [1.54, 1.807) is 12.1 Å². The summed E-state index contributed by atoms with van der Waals surface area (Å²) in [5.41, 5.74) is 3.03. The third-order valence-corrected chi connectivity index (χ3v) is 5.47. The van der Waals surface area contributed by atoms with E-state index in [0.29, 0.717) is 23.3 Å². The van der Waals surface area contributed by atoms with Gasteiger partial charge in [-0.15, -0.1) is 0 Å². The number of nitrogens with zero attached hydrogens (tertiary/aromatic N) is 1. The van der Waals surface area contributed by atoms with E-state index in [1.165, 1.54) is 6.92 Å². The first-order chi connectivity index (χ1) is 14.5. The van der Waals surface area contributed by atoms with Crippen LogP contribution in [-0.2, 0) is 13.0 Å². The molecule has 0 amide bonds. The molecule has 6 heteroatoms. The molecule has 1 N–H and O–H groups in total. The summed E-state index contributed by atoms with van der Waals surface area (Å²) < 4.78 is 7.71. The zero-order valence-electron chi connectivity index (χ0n) is 16.8. The van der Waals surface area contributed by atoms with Gasteiger partial charge in [0.25, 0.3) is 0 Å². The summed E-state index contributed by atoms with van der Waals surface area (Å²) >= 11 is 0. The van der Waals surface area contributed by atoms with Crippen LogP contribution in [0.25, 0.3) is 0 Å². The van der Waals surface area contributed by atoms with Gasteiger partial charge in [-0.05, 0) is 25.0 Å². The summed E-state index contributed by atoms with van der Waals surface area (Å²) in [7, 11) is -1.12. The molecule has 0 fully saturated rings. The van der Waals surface area contributed by atoms with Gasteiger partial charge in [-0.2, -0.15) is 0 Å². The summed E-state index contributed by atoms with van der Waals surface area (Å²) in [6.45, 7) is 2.21. The van der Waals surface area contributed by atoms with Gasteiger partial charge in [-0.3, -0.25) is 9.59 Å². The fourth-order valence-corrected chi connectivity index (χ4v) is 3.84. The highest BCUT2D eigenvalue weighted by atomic mass is 16.5. The average Bonchev–Trinajstić information content (AvgIpc) is 2.75. The molecule has 150 valence electrons. The van der Waals surface area contributed by atoms with E-state index >= 15 is 0 Å². The van der Waals surface area contributed by atoms with Gasteiger partial charge in [-0.25, -0.2) is 4.57 Å². The van der Waals surface area contributed by atoms with Gasteiger partial charge in [0.15, 0.2) is 30.5 Å². The van der Waals surface area contributed by atoms with E-state index in [1.807, 2.05) is 60.9 Å². The van der Waals surface area contributed by atoms with Crippen LogP contribution < -0.4 is 9.22 Å². The lowest BCUT2D eigenvalue weighted by Crippen LogP contribution is -2.35. The van der Waals surface area contributed by atoms with E-state index in [9.17, 15) is 14.6 Å². The Morgan fingerprint density at radius 1 is 1.07 bits per heavy atom. The van der Waals surface area contributed by atoms with Gasteiger partial charge in [0.1, 0.15) is 5.75 Å². The number of pyridine rings is 1. The summed E-state index contributed by atoms with van der Waals surface area (Å²) in [6.07, 6.45) is 4.67. The molecule has 5 nitrogen and oxygen atoms in total. The van der Waals surface area contributed by atoms with Crippen molar-refractivity contribution in [2.45, 2.75) is 32.1 Å². The van der Waals surface area contributed by atoms with Crippen molar-refractivity contribution in [1.82, 2.24) is 0 Å². The Bertz CT molecular complexity index is 1070. The summed E-state index contributed by atoms with van der Waals surface area (Å²) in [6, 6.07) is 18.9. The molecule has 1 aliphatic heterocycles. The molecule has 1 atom stereocenters. The number of Topliss-reactive ketones (excluding diaryl/α,β-unsaturated/α-hetero) is 2. The lowest BCUT2D eigenvalue weighted by atomic mass is 9.64. The number of hydrogen-bond donors (Lipinski definition) is 1. The van der Waals surface area contributed by atoms with Crippen molar-refractivity contribution in [2.75, 3.05) is 0 Å². The first-order valence-corrected chi connectivity index (χ1v) is 10.0. The normalized spacial score (nSPS) is 15.3. The summed E-state index contributed by atoms with van der Waals surface area (Å²) in [4.78, 5) is 24.6. The number of para-hydroxylation sites is 1. The van der Waals surface area contributed by atoms with Crippen LogP contribution in [0.15, 0.2) is 73.1 Å². The van der Waals surface area contributed by atoms with E-state index < -0.39 is 7.12 Å². The topological polar surface area (TPSA) is 67.5 Å². The van der Waals surface area contributed by atoms with Crippen molar-refractivity contribution >= 4 is 18.7 Å². The van der Waals surface area contributed by atoms with Crippen LogP contribution in [-0.4, -0.2) is 23.7 Å². The number of ketones is 2. The van der Waals surface area contributed by atoms with Crippen molar-refractivity contribution in [1.29, 1.82) is 0 Å². The molecule has 0 radical (unpaired) electrons. The Hall–Kier alpha value is -3.25. The zero-order chi connectivity index (χ0) is 21.1. The van der Waals surface area contributed by atoms with E-state index in [4.69, 9.17) is 4.65 Å². The molecule has 2 heterocycles. The quantitative estimate of drug-likeness (QED) is 0.392. The van der Waals surface area contributed by atoms with Crippen molar-refractivity contribution < 1.29 is 23.8 Å². The van der Waals surface area contributed by atoms with Crippen molar-refractivity contribution in [3.8, 4) is 5.75 Å². The van der Waals surface area contributed by atoms with Gasteiger partial charge in [0.2, 0.25) is 0 Å². The Kier molecular flexibility index (Phi) is 5.77. The second kappa shape index (κ2) is 8.63. The second-order valence-electron chi connectivity index (χ2n) is 7.69. The molecule has 2 aromatic carbocycles. The minimum Gasteiger partial charge on any atom is -0.535 e. The van der Waals surface area contributed by atoms with Crippen LogP contribution in [0.4, 0.5) is 0 Å². The van der Waals surface area contributed by atoms with Crippen LogP contribution in [0.5, 0.6) is 5.75 Å². The SMILES string of the molecule is CC(=O)c1cccc2c1OB(O)[C@@H](CC(=O)c1ccc(C[n+]3ccccc3)cc1)C2. The minimum atomic E-state index is -1.12. The summed E-state index contributed by atoms with van der Waals surface area (Å²) in [5, 5.41) is 10.4. The number of carbonyl (C=O) groups is 2. The lowest BCUT2D eigenvalue weighted by molar-refractivity contribution is -0.688. The largest absolute Gasteiger partial charge is 0.535 e. The highest BCUT2D eigenvalue weighted by Gasteiger charge is 2.37. The Labute approximate surface area is 176 Å². The molecular formula is C24H23BNO4+. The predicted octanol–water partition coefficient (Wildman–Crippen LogP) is 3.28. The molecule has 1 aliphatic rings. The molecule has 0 saturated heterocycles. The number of hydrogen-bond acceptors (Lipinski definition) is 4. The Morgan fingerprint density at radius 2 is 1.80 bits per heavy atom. The predicted molar refractivity (Wildman–Crippen MR) is 114 cm³/mol. The number of aromatic nitrogens is 1. The zero-order valence-corrected chi connectivity index (χ0v) is 16.8. The van der Waals surface area contributed by atoms with Crippen molar-refractivity contribution in [3.63, 3.8) is 0 Å². The summed E-state index contributed by atoms with van der Waals surface area (Å²) in [5.74, 6) is -0.0641. The van der Waals surface area contributed by atoms with Gasteiger partial charge < -0.3 is 9.68 Å². The molecule has 0 saturated carbocycles. The Balaban J connectivity index is 1.44. The maximum absolute atomic E-state index is 12.8. The molecule has 0 spiro atoms. The van der Waals surface area contributed by atoms with Gasteiger partial charge in [0.05, 0.1) is 5.56 Å². The van der Waals surface area contributed by atoms with Crippen LogP contribution in [0.1, 0.15) is 45.2 Å². The third-order valence-electron chi connectivity index (χ3n) is 5.47. The molecule has 4 rings (SSSR count). The highest BCUT2D eigenvalue weighted by Crippen LogP contribution is 2.36. The van der Waals surface area contributed by atoms with Crippen molar-refractivity contribution in [3.05, 3.63) is 95.3 Å². The van der Waals surface area contributed by atoms with Crippen LogP contribution >= 0.6 is 0 Å². The average molecular weight is 400 g/mol. The van der Waals surface area contributed by atoms with E-state index in [0.717, 1.165) is 17.7 Å². The van der Waals surface area contributed by atoms with Crippen LogP contribution in [0.2, 0.25) is 5.82 Å². The Morgan fingerprint density at radius 3 is 2.50 bits per heavy atom. The molecule has 0 aliphatic carbocycles. The molecule has 0 bridgehead atoms. The molecular weight excluding hydrogens is 377 g/mol. The number of rotatable bonds is 6. The van der Waals surface area contributed by atoms with Gasteiger partial charge >= 0.3 is 7.12 Å². The number of benzene rings is 2. The van der Waals surface area contributed by atoms with Gasteiger partial charge in [-0.1, -0.05) is 42.5 Å².